The summed E-state index contributed by atoms with van der Waals surface area (Å²) in [5.41, 5.74) is -0.101. The van der Waals surface area contributed by atoms with Gasteiger partial charge in [0, 0.05) is 12.6 Å². The number of nitrogens with zero attached hydrogens (tertiary/aromatic N) is 2. The normalized spacial score (nSPS) is 12.2. The second kappa shape index (κ2) is 7.59. The largest absolute Gasteiger partial charge is 0.396 e. The van der Waals surface area contributed by atoms with E-state index in [9.17, 15) is 14.9 Å². The van der Waals surface area contributed by atoms with E-state index in [-0.39, 0.29) is 24.0 Å². The highest BCUT2D eigenvalue weighted by atomic mass is 16.6. The van der Waals surface area contributed by atoms with Gasteiger partial charge in [-0.25, -0.2) is 0 Å². The van der Waals surface area contributed by atoms with E-state index in [1.54, 1.807) is 0 Å². The smallest absolute Gasteiger partial charge is 0.322 e. The van der Waals surface area contributed by atoms with Crippen molar-refractivity contribution in [3.05, 3.63) is 21.5 Å². The van der Waals surface area contributed by atoms with Crippen LogP contribution in [0.3, 0.4) is 0 Å². The Kier molecular flexibility index (Phi) is 6.10. The lowest BCUT2D eigenvalue weighted by Gasteiger charge is -2.14. The summed E-state index contributed by atoms with van der Waals surface area (Å²) in [5.74, 6) is -0.587. The van der Waals surface area contributed by atoms with Crippen LogP contribution in [0, 0.1) is 10.1 Å². The standard InChI is InChI=1S/C12H20N4O4/c1-3-5-9-11(16(19)20)10(15-14-9)12(18)13-8(4-2)6-7-17/h8,17H,3-7H2,1-2H3,(H,13,18)(H,14,15). The van der Waals surface area contributed by atoms with E-state index >= 15 is 0 Å². The summed E-state index contributed by atoms with van der Waals surface area (Å²) in [7, 11) is 0. The first kappa shape index (κ1) is 16.1. The Balaban J connectivity index is 2.95. The van der Waals surface area contributed by atoms with Crippen LogP contribution < -0.4 is 5.32 Å². The van der Waals surface area contributed by atoms with Gasteiger partial charge in [-0.3, -0.25) is 20.0 Å². The molecule has 0 aliphatic rings. The van der Waals surface area contributed by atoms with Crippen LogP contribution in [0.5, 0.6) is 0 Å². The van der Waals surface area contributed by atoms with Gasteiger partial charge in [-0.1, -0.05) is 20.3 Å². The Morgan fingerprint density at radius 1 is 1.55 bits per heavy atom. The monoisotopic (exact) mass is 284 g/mol. The van der Waals surface area contributed by atoms with Crippen molar-refractivity contribution >= 4 is 11.6 Å². The molecule has 0 spiro atoms. The third-order valence-corrected chi connectivity index (χ3v) is 3.02. The number of aryl methyl sites for hydroxylation is 1. The van der Waals surface area contributed by atoms with Gasteiger partial charge >= 0.3 is 5.69 Å². The van der Waals surface area contributed by atoms with Crippen LogP contribution in [-0.4, -0.2) is 38.8 Å². The topological polar surface area (TPSA) is 121 Å². The lowest BCUT2D eigenvalue weighted by atomic mass is 10.1. The summed E-state index contributed by atoms with van der Waals surface area (Å²) in [6, 6.07) is -0.224. The first-order chi connectivity index (χ1) is 9.54. The fourth-order valence-electron chi connectivity index (χ4n) is 1.94. The number of nitro groups is 1. The molecule has 0 saturated heterocycles. The average molecular weight is 284 g/mol. The molecule has 0 aromatic carbocycles. The summed E-state index contributed by atoms with van der Waals surface area (Å²) in [5, 5.41) is 28.9. The molecule has 0 bridgehead atoms. The highest BCUT2D eigenvalue weighted by Gasteiger charge is 2.29. The van der Waals surface area contributed by atoms with E-state index in [2.05, 4.69) is 15.5 Å². The fraction of sp³-hybridized carbons (Fsp3) is 0.667. The molecule has 20 heavy (non-hydrogen) atoms. The number of nitrogens with one attached hydrogen (secondary N) is 2. The molecule has 1 aromatic rings. The Labute approximate surface area is 116 Å². The Bertz CT molecular complexity index is 472. The Morgan fingerprint density at radius 3 is 2.75 bits per heavy atom. The maximum absolute atomic E-state index is 12.1. The minimum absolute atomic E-state index is 0.0530. The molecule has 8 nitrogen and oxygen atoms in total. The van der Waals surface area contributed by atoms with Crippen molar-refractivity contribution in [3.8, 4) is 0 Å². The lowest BCUT2D eigenvalue weighted by Crippen LogP contribution is -2.35. The maximum Gasteiger partial charge on any atom is 0.322 e. The van der Waals surface area contributed by atoms with Crippen LogP contribution in [0.1, 0.15) is 49.3 Å². The molecule has 1 atom stereocenters. The first-order valence-electron chi connectivity index (χ1n) is 6.68. The molecule has 0 saturated carbocycles. The summed E-state index contributed by atoms with van der Waals surface area (Å²) < 4.78 is 0. The third-order valence-electron chi connectivity index (χ3n) is 3.02. The summed E-state index contributed by atoms with van der Waals surface area (Å²) in [6.45, 7) is 3.70. The molecule has 0 aliphatic carbocycles. The molecule has 1 amide bonds. The number of H-pyrrole nitrogens is 1. The number of aliphatic hydroxyl groups excluding tert-OH is 1. The van der Waals surface area contributed by atoms with Gasteiger partial charge < -0.3 is 10.4 Å². The number of carbonyl (C=O) groups excluding carboxylic acids is 1. The van der Waals surface area contributed by atoms with Gasteiger partial charge in [0.15, 0.2) is 0 Å². The van der Waals surface area contributed by atoms with E-state index < -0.39 is 10.8 Å². The number of carbonyl (C=O) groups is 1. The van der Waals surface area contributed by atoms with Crippen molar-refractivity contribution in [2.75, 3.05) is 6.61 Å². The van der Waals surface area contributed by atoms with Gasteiger partial charge in [0.05, 0.1) is 4.92 Å². The third kappa shape index (κ3) is 3.77. The number of rotatable bonds is 8. The van der Waals surface area contributed by atoms with Crippen LogP contribution in [0.4, 0.5) is 5.69 Å². The first-order valence-corrected chi connectivity index (χ1v) is 6.68. The minimum atomic E-state index is -0.587. The molecule has 1 unspecified atom stereocenters. The molecular weight excluding hydrogens is 264 g/mol. The number of aliphatic hydroxyl groups is 1. The van der Waals surface area contributed by atoms with Crippen LogP contribution in [-0.2, 0) is 6.42 Å². The zero-order chi connectivity index (χ0) is 15.1. The number of hydrogen-bond donors (Lipinski definition) is 3. The van der Waals surface area contributed by atoms with Crippen molar-refractivity contribution in [1.29, 1.82) is 0 Å². The highest BCUT2D eigenvalue weighted by Crippen LogP contribution is 2.22. The second-order valence-corrected chi connectivity index (χ2v) is 4.50. The van der Waals surface area contributed by atoms with Gasteiger partial charge in [0.25, 0.3) is 5.91 Å². The number of hydrogen-bond acceptors (Lipinski definition) is 5. The predicted molar refractivity (Wildman–Crippen MR) is 72.5 cm³/mol. The van der Waals surface area contributed by atoms with Gasteiger partial charge in [0.1, 0.15) is 5.69 Å². The molecule has 3 N–H and O–H groups in total. The van der Waals surface area contributed by atoms with Gasteiger partial charge in [-0.2, -0.15) is 5.10 Å². The van der Waals surface area contributed by atoms with Crippen LogP contribution in [0.2, 0.25) is 0 Å². The summed E-state index contributed by atoms with van der Waals surface area (Å²) >= 11 is 0. The molecule has 1 aromatic heterocycles. The molecule has 8 heteroatoms. The fourth-order valence-corrected chi connectivity index (χ4v) is 1.94. The van der Waals surface area contributed by atoms with Gasteiger partial charge in [-0.05, 0) is 19.3 Å². The summed E-state index contributed by atoms with van der Waals surface area (Å²) in [4.78, 5) is 22.6. The molecule has 112 valence electrons. The van der Waals surface area contributed by atoms with Crippen molar-refractivity contribution in [2.45, 2.75) is 45.6 Å². The molecule has 1 heterocycles. The Morgan fingerprint density at radius 2 is 2.25 bits per heavy atom. The molecule has 0 radical (unpaired) electrons. The Hall–Kier alpha value is -1.96. The molecule has 1 rings (SSSR count). The van der Waals surface area contributed by atoms with Crippen molar-refractivity contribution in [1.82, 2.24) is 15.5 Å². The summed E-state index contributed by atoms with van der Waals surface area (Å²) in [6.07, 6.45) is 2.21. The number of aromatic amines is 1. The SMILES string of the molecule is CCCc1[nH]nc(C(=O)NC(CC)CCO)c1[N+](=O)[O-]. The molecular formula is C12H20N4O4. The number of aromatic nitrogens is 2. The van der Waals surface area contributed by atoms with E-state index in [0.717, 1.165) is 0 Å². The average Bonchev–Trinajstić information content (AvgIpc) is 2.82. The quantitative estimate of drug-likeness (QED) is 0.488. The molecule has 0 fully saturated rings. The highest BCUT2D eigenvalue weighted by molar-refractivity contribution is 5.96. The van der Waals surface area contributed by atoms with Crippen LogP contribution >= 0.6 is 0 Å². The molecule has 0 aliphatic heterocycles. The van der Waals surface area contributed by atoms with Crippen molar-refractivity contribution < 1.29 is 14.8 Å². The zero-order valence-electron chi connectivity index (χ0n) is 11.7. The number of amides is 1. The van der Waals surface area contributed by atoms with E-state index in [4.69, 9.17) is 5.11 Å². The van der Waals surface area contributed by atoms with Crippen molar-refractivity contribution in [2.24, 2.45) is 0 Å². The maximum atomic E-state index is 12.1. The van der Waals surface area contributed by atoms with Gasteiger partial charge in [-0.15, -0.1) is 0 Å². The lowest BCUT2D eigenvalue weighted by molar-refractivity contribution is -0.385. The van der Waals surface area contributed by atoms with E-state index in [1.165, 1.54) is 0 Å². The predicted octanol–water partition coefficient (Wildman–Crippen LogP) is 1.16. The van der Waals surface area contributed by atoms with Crippen LogP contribution in [0.25, 0.3) is 0 Å². The van der Waals surface area contributed by atoms with E-state index in [1.807, 2.05) is 13.8 Å². The zero-order valence-corrected chi connectivity index (χ0v) is 11.7. The van der Waals surface area contributed by atoms with Crippen LogP contribution in [0.15, 0.2) is 0 Å². The van der Waals surface area contributed by atoms with E-state index in [0.29, 0.717) is 31.4 Å². The van der Waals surface area contributed by atoms with Gasteiger partial charge in [0.2, 0.25) is 5.69 Å². The minimum Gasteiger partial charge on any atom is -0.396 e. The second-order valence-electron chi connectivity index (χ2n) is 4.50. The van der Waals surface area contributed by atoms with Crippen molar-refractivity contribution in [3.63, 3.8) is 0 Å².